The number of hydrogen-bond acceptors (Lipinski definition) is 4. The molecule has 2 rings (SSSR count). The number of carbonyl (C=O) groups is 1. The fourth-order valence-corrected chi connectivity index (χ4v) is 3.12. The summed E-state index contributed by atoms with van der Waals surface area (Å²) >= 11 is 0. The largest absolute Gasteiger partial charge is 0.326 e. The van der Waals surface area contributed by atoms with Gasteiger partial charge in [-0.15, -0.1) is 0 Å². The highest BCUT2D eigenvalue weighted by molar-refractivity contribution is 7.91. The molecule has 0 radical (unpaired) electrons. The Hall–Kier alpha value is -1.40. The number of carbonyl (C=O) groups excluding carboxylic acids is 1. The number of hydrogen-bond donors (Lipinski definition) is 2. The van der Waals surface area contributed by atoms with Crippen molar-refractivity contribution in [1.82, 2.24) is 5.32 Å². The molecule has 1 amide bonds. The summed E-state index contributed by atoms with van der Waals surface area (Å²) in [5.41, 5.74) is 0.642. The van der Waals surface area contributed by atoms with Gasteiger partial charge in [-0.25, -0.2) is 8.42 Å². The Balaban J connectivity index is 2.02. The van der Waals surface area contributed by atoms with Gasteiger partial charge in [0.25, 0.3) is 0 Å². The molecule has 2 N–H and O–H groups in total. The highest BCUT2D eigenvalue weighted by atomic mass is 32.2. The molecule has 0 atom stereocenters. The fourth-order valence-electron chi connectivity index (χ4n) is 2.24. The minimum Gasteiger partial charge on any atom is -0.326 e. The molecule has 0 spiro atoms. The Labute approximate surface area is 119 Å². The van der Waals surface area contributed by atoms with E-state index in [2.05, 4.69) is 10.6 Å². The number of amides is 1. The van der Waals surface area contributed by atoms with E-state index in [9.17, 15) is 13.2 Å². The van der Waals surface area contributed by atoms with E-state index in [0.717, 1.165) is 25.9 Å². The summed E-state index contributed by atoms with van der Waals surface area (Å²) in [7, 11) is -3.18. The summed E-state index contributed by atoms with van der Waals surface area (Å²) in [6.07, 6.45) is 1.68. The minimum absolute atomic E-state index is 0.0117. The number of sulfone groups is 1. The van der Waals surface area contributed by atoms with E-state index in [1.54, 1.807) is 19.1 Å². The predicted molar refractivity (Wildman–Crippen MR) is 78.4 cm³/mol. The van der Waals surface area contributed by atoms with Crippen LogP contribution in [0.4, 0.5) is 5.69 Å². The normalized spacial score (nSPS) is 16.9. The van der Waals surface area contributed by atoms with Gasteiger partial charge in [0, 0.05) is 11.6 Å². The zero-order valence-corrected chi connectivity index (χ0v) is 12.4. The third-order valence-corrected chi connectivity index (χ3v) is 5.32. The summed E-state index contributed by atoms with van der Waals surface area (Å²) in [6, 6.07) is 6.36. The van der Waals surface area contributed by atoms with Crippen LogP contribution in [0, 0.1) is 5.92 Å². The Bertz CT molecular complexity index is 561. The van der Waals surface area contributed by atoms with Crippen LogP contribution in [0.1, 0.15) is 19.8 Å². The van der Waals surface area contributed by atoms with Crippen LogP contribution >= 0.6 is 0 Å². The molecule has 5 nitrogen and oxygen atoms in total. The van der Waals surface area contributed by atoms with Crippen LogP contribution in [0.25, 0.3) is 0 Å². The molecule has 1 aliphatic rings. The lowest BCUT2D eigenvalue weighted by atomic mass is 9.97. The number of rotatable bonds is 4. The SMILES string of the molecule is CCS(=O)(=O)c1ccc(NC(=O)C2CCNCC2)cc1. The van der Waals surface area contributed by atoms with Crippen molar-refractivity contribution in [2.24, 2.45) is 5.92 Å². The molecule has 0 saturated carbocycles. The molecule has 1 aromatic carbocycles. The molecule has 6 heteroatoms. The predicted octanol–water partition coefficient (Wildman–Crippen LogP) is 1.42. The molecule has 1 heterocycles. The molecule has 1 aromatic rings. The maximum Gasteiger partial charge on any atom is 0.227 e. The monoisotopic (exact) mass is 296 g/mol. The number of nitrogens with one attached hydrogen (secondary N) is 2. The Kier molecular flexibility index (Phi) is 4.77. The van der Waals surface area contributed by atoms with E-state index in [0.29, 0.717) is 10.6 Å². The van der Waals surface area contributed by atoms with Crippen LogP contribution in [0.15, 0.2) is 29.2 Å². The molecule has 1 saturated heterocycles. The molecular weight excluding hydrogens is 276 g/mol. The number of benzene rings is 1. The molecule has 0 unspecified atom stereocenters. The van der Waals surface area contributed by atoms with E-state index in [4.69, 9.17) is 0 Å². The van der Waals surface area contributed by atoms with Gasteiger partial charge >= 0.3 is 0 Å². The highest BCUT2D eigenvalue weighted by Crippen LogP contribution is 2.18. The molecule has 20 heavy (non-hydrogen) atoms. The van der Waals surface area contributed by atoms with Crippen molar-refractivity contribution in [3.63, 3.8) is 0 Å². The zero-order chi connectivity index (χ0) is 14.6. The first kappa shape index (κ1) is 15.0. The maximum absolute atomic E-state index is 12.0. The number of piperidine rings is 1. The maximum atomic E-state index is 12.0. The minimum atomic E-state index is -3.18. The van der Waals surface area contributed by atoms with Gasteiger partial charge in [0.05, 0.1) is 10.6 Å². The smallest absolute Gasteiger partial charge is 0.227 e. The first-order valence-corrected chi connectivity index (χ1v) is 8.52. The van der Waals surface area contributed by atoms with Gasteiger partial charge in [0.2, 0.25) is 5.91 Å². The van der Waals surface area contributed by atoms with Crippen molar-refractivity contribution in [3.05, 3.63) is 24.3 Å². The van der Waals surface area contributed by atoms with E-state index in [1.165, 1.54) is 12.1 Å². The van der Waals surface area contributed by atoms with E-state index in [1.807, 2.05) is 0 Å². The number of anilines is 1. The average molecular weight is 296 g/mol. The summed E-state index contributed by atoms with van der Waals surface area (Å²) in [6.45, 7) is 3.35. The molecule has 0 aliphatic carbocycles. The summed E-state index contributed by atoms with van der Waals surface area (Å²) < 4.78 is 23.4. The van der Waals surface area contributed by atoms with Crippen LogP contribution in [0.3, 0.4) is 0 Å². The van der Waals surface area contributed by atoms with Crippen molar-refractivity contribution in [2.45, 2.75) is 24.7 Å². The Morgan fingerprint density at radius 1 is 1.25 bits per heavy atom. The third-order valence-electron chi connectivity index (χ3n) is 3.57. The molecule has 1 aliphatic heterocycles. The van der Waals surface area contributed by atoms with E-state index in [-0.39, 0.29) is 17.6 Å². The van der Waals surface area contributed by atoms with Crippen LogP contribution in [0.2, 0.25) is 0 Å². The van der Waals surface area contributed by atoms with E-state index < -0.39 is 9.84 Å². The standard InChI is InChI=1S/C14H20N2O3S/c1-2-20(18,19)13-5-3-12(4-6-13)16-14(17)11-7-9-15-10-8-11/h3-6,11,15H,2,7-10H2,1H3,(H,16,17). The molecule has 0 aromatic heterocycles. The first-order valence-electron chi connectivity index (χ1n) is 6.87. The van der Waals surface area contributed by atoms with Crippen LogP contribution < -0.4 is 10.6 Å². The molecule has 110 valence electrons. The highest BCUT2D eigenvalue weighted by Gasteiger charge is 2.21. The zero-order valence-electron chi connectivity index (χ0n) is 11.6. The Morgan fingerprint density at radius 2 is 1.85 bits per heavy atom. The van der Waals surface area contributed by atoms with Gasteiger partial charge in [-0.3, -0.25) is 4.79 Å². The second-order valence-electron chi connectivity index (χ2n) is 4.94. The second-order valence-corrected chi connectivity index (χ2v) is 7.22. The van der Waals surface area contributed by atoms with Crippen LogP contribution in [-0.4, -0.2) is 33.2 Å². The Morgan fingerprint density at radius 3 is 2.40 bits per heavy atom. The van der Waals surface area contributed by atoms with Gasteiger partial charge in [0.1, 0.15) is 0 Å². The molecular formula is C14H20N2O3S. The fraction of sp³-hybridized carbons (Fsp3) is 0.500. The van der Waals surface area contributed by atoms with Crippen molar-refractivity contribution in [2.75, 3.05) is 24.2 Å². The summed E-state index contributed by atoms with van der Waals surface area (Å²) in [5, 5.41) is 6.06. The summed E-state index contributed by atoms with van der Waals surface area (Å²) in [4.78, 5) is 12.3. The van der Waals surface area contributed by atoms with Gasteiger partial charge < -0.3 is 10.6 Å². The lowest BCUT2D eigenvalue weighted by Crippen LogP contribution is -2.34. The van der Waals surface area contributed by atoms with Gasteiger partial charge in [0.15, 0.2) is 9.84 Å². The average Bonchev–Trinajstić information content (AvgIpc) is 2.48. The lowest BCUT2D eigenvalue weighted by Gasteiger charge is -2.21. The molecule has 1 fully saturated rings. The lowest BCUT2D eigenvalue weighted by molar-refractivity contribution is -0.120. The van der Waals surface area contributed by atoms with Crippen molar-refractivity contribution in [3.8, 4) is 0 Å². The van der Waals surface area contributed by atoms with Crippen molar-refractivity contribution in [1.29, 1.82) is 0 Å². The van der Waals surface area contributed by atoms with Gasteiger partial charge in [-0.1, -0.05) is 6.92 Å². The quantitative estimate of drug-likeness (QED) is 0.881. The third kappa shape index (κ3) is 3.58. The van der Waals surface area contributed by atoms with Gasteiger partial charge in [-0.2, -0.15) is 0 Å². The second kappa shape index (κ2) is 6.37. The van der Waals surface area contributed by atoms with Crippen molar-refractivity contribution >= 4 is 21.4 Å². The van der Waals surface area contributed by atoms with Crippen LogP contribution in [0.5, 0.6) is 0 Å². The molecule has 0 bridgehead atoms. The van der Waals surface area contributed by atoms with Crippen molar-refractivity contribution < 1.29 is 13.2 Å². The van der Waals surface area contributed by atoms with Crippen LogP contribution in [-0.2, 0) is 14.6 Å². The van der Waals surface area contributed by atoms with E-state index >= 15 is 0 Å². The van der Waals surface area contributed by atoms with Gasteiger partial charge in [-0.05, 0) is 50.2 Å². The first-order chi connectivity index (χ1) is 9.53. The summed E-state index contributed by atoms with van der Waals surface area (Å²) in [5.74, 6) is 0.126. The topological polar surface area (TPSA) is 75.3 Å².